The van der Waals surface area contributed by atoms with E-state index in [-0.39, 0.29) is 11.7 Å². The number of benzene rings is 1. The second kappa shape index (κ2) is 6.59. The SMILES string of the molecule is Cc1nn(C)c(Cl)c1CN1CC[C@H](c2ccc(F)cc2)[C@@H](O)C1. The molecule has 3 rings (SSSR count). The molecule has 4 nitrogen and oxygen atoms in total. The first-order chi connectivity index (χ1) is 11.0. The summed E-state index contributed by atoms with van der Waals surface area (Å²) in [4.78, 5) is 2.20. The number of β-amino-alcohol motifs (C(OH)–C–C–N with tert-alkyl or cyclic N) is 1. The first-order valence-electron chi connectivity index (χ1n) is 7.79. The van der Waals surface area contributed by atoms with E-state index in [1.54, 1.807) is 16.8 Å². The van der Waals surface area contributed by atoms with Crippen molar-refractivity contribution in [3.63, 3.8) is 0 Å². The van der Waals surface area contributed by atoms with Gasteiger partial charge < -0.3 is 5.11 Å². The molecule has 1 N–H and O–H groups in total. The first kappa shape index (κ1) is 16.4. The number of rotatable bonds is 3. The lowest BCUT2D eigenvalue weighted by Crippen LogP contribution is -2.42. The van der Waals surface area contributed by atoms with Crippen molar-refractivity contribution in [1.82, 2.24) is 14.7 Å². The maximum atomic E-state index is 13.0. The molecular formula is C17H21ClFN3O. The van der Waals surface area contributed by atoms with Crippen LogP contribution in [0.1, 0.15) is 29.2 Å². The van der Waals surface area contributed by atoms with Crippen LogP contribution in [0.15, 0.2) is 24.3 Å². The third kappa shape index (κ3) is 3.42. The zero-order chi connectivity index (χ0) is 16.6. The van der Waals surface area contributed by atoms with Gasteiger partial charge in [0.2, 0.25) is 0 Å². The van der Waals surface area contributed by atoms with E-state index >= 15 is 0 Å². The molecule has 0 unspecified atom stereocenters. The van der Waals surface area contributed by atoms with Crippen LogP contribution in [0.4, 0.5) is 4.39 Å². The summed E-state index contributed by atoms with van der Waals surface area (Å²) in [6.45, 7) is 4.07. The van der Waals surface area contributed by atoms with Crippen molar-refractivity contribution in [2.24, 2.45) is 7.05 Å². The van der Waals surface area contributed by atoms with Crippen LogP contribution < -0.4 is 0 Å². The van der Waals surface area contributed by atoms with E-state index in [1.165, 1.54) is 12.1 Å². The average Bonchev–Trinajstić information content (AvgIpc) is 2.75. The van der Waals surface area contributed by atoms with Crippen molar-refractivity contribution in [2.75, 3.05) is 13.1 Å². The molecule has 0 bridgehead atoms. The molecule has 0 radical (unpaired) electrons. The van der Waals surface area contributed by atoms with Crippen LogP contribution in [-0.4, -0.2) is 39.0 Å². The number of aryl methyl sites for hydroxylation is 2. The van der Waals surface area contributed by atoms with Crippen LogP contribution in [0.25, 0.3) is 0 Å². The molecule has 23 heavy (non-hydrogen) atoms. The Morgan fingerprint density at radius 2 is 2.04 bits per heavy atom. The van der Waals surface area contributed by atoms with Gasteiger partial charge in [0.25, 0.3) is 0 Å². The Balaban J connectivity index is 1.67. The van der Waals surface area contributed by atoms with Gasteiger partial charge in [-0.15, -0.1) is 0 Å². The number of hydrogen-bond acceptors (Lipinski definition) is 3. The van der Waals surface area contributed by atoms with Crippen LogP contribution >= 0.6 is 11.6 Å². The highest BCUT2D eigenvalue weighted by atomic mass is 35.5. The molecule has 1 aromatic carbocycles. The minimum absolute atomic E-state index is 0.0531. The van der Waals surface area contributed by atoms with Crippen molar-refractivity contribution in [2.45, 2.75) is 31.9 Å². The second-order valence-electron chi connectivity index (χ2n) is 6.23. The fourth-order valence-electron chi connectivity index (χ4n) is 3.32. The van der Waals surface area contributed by atoms with E-state index in [2.05, 4.69) is 10.00 Å². The molecule has 2 aromatic rings. The van der Waals surface area contributed by atoms with Gasteiger partial charge in [-0.3, -0.25) is 9.58 Å². The molecule has 0 aliphatic carbocycles. The zero-order valence-corrected chi connectivity index (χ0v) is 14.1. The van der Waals surface area contributed by atoms with Gasteiger partial charge in [0.1, 0.15) is 11.0 Å². The van der Waals surface area contributed by atoms with Crippen LogP contribution in [0, 0.1) is 12.7 Å². The molecule has 2 atom stereocenters. The molecule has 0 spiro atoms. The first-order valence-corrected chi connectivity index (χ1v) is 8.17. The highest BCUT2D eigenvalue weighted by Crippen LogP contribution is 2.30. The molecule has 1 saturated heterocycles. The normalized spacial score (nSPS) is 22.5. The van der Waals surface area contributed by atoms with Crippen molar-refractivity contribution < 1.29 is 9.50 Å². The van der Waals surface area contributed by atoms with Crippen LogP contribution in [0.3, 0.4) is 0 Å². The molecule has 2 heterocycles. The predicted molar refractivity (Wildman–Crippen MR) is 88.0 cm³/mol. The van der Waals surface area contributed by atoms with E-state index in [9.17, 15) is 9.50 Å². The third-order valence-corrected chi connectivity index (χ3v) is 5.09. The minimum Gasteiger partial charge on any atom is -0.391 e. The summed E-state index contributed by atoms with van der Waals surface area (Å²) >= 11 is 6.28. The van der Waals surface area contributed by atoms with Crippen molar-refractivity contribution >= 4 is 11.6 Å². The molecular weight excluding hydrogens is 317 g/mol. The highest BCUT2D eigenvalue weighted by Gasteiger charge is 2.29. The summed E-state index contributed by atoms with van der Waals surface area (Å²) in [7, 11) is 1.83. The second-order valence-corrected chi connectivity index (χ2v) is 6.59. The van der Waals surface area contributed by atoms with Crippen molar-refractivity contribution in [3.8, 4) is 0 Å². The van der Waals surface area contributed by atoms with Crippen LogP contribution in [0.5, 0.6) is 0 Å². The summed E-state index contributed by atoms with van der Waals surface area (Å²) in [5.74, 6) is -0.195. The quantitative estimate of drug-likeness (QED) is 0.936. The summed E-state index contributed by atoms with van der Waals surface area (Å²) in [5, 5.41) is 15.5. The lowest BCUT2D eigenvalue weighted by Gasteiger charge is -2.36. The van der Waals surface area contributed by atoms with E-state index in [1.807, 2.05) is 14.0 Å². The number of nitrogens with zero attached hydrogens (tertiary/aromatic N) is 3. The van der Waals surface area contributed by atoms with E-state index < -0.39 is 6.10 Å². The fraction of sp³-hybridized carbons (Fsp3) is 0.471. The van der Waals surface area contributed by atoms with Gasteiger partial charge in [-0.05, 0) is 37.6 Å². The Hall–Kier alpha value is -1.43. The van der Waals surface area contributed by atoms with E-state index in [0.717, 1.165) is 29.8 Å². The fourth-order valence-corrected chi connectivity index (χ4v) is 3.55. The molecule has 0 saturated carbocycles. The van der Waals surface area contributed by atoms with Gasteiger partial charge in [0.15, 0.2) is 0 Å². The molecule has 1 fully saturated rings. The maximum Gasteiger partial charge on any atom is 0.131 e. The molecule has 6 heteroatoms. The van der Waals surface area contributed by atoms with E-state index in [4.69, 9.17) is 11.6 Å². The number of aliphatic hydroxyl groups excluding tert-OH is 1. The summed E-state index contributed by atoms with van der Waals surface area (Å²) in [6, 6.07) is 6.43. The lowest BCUT2D eigenvalue weighted by atomic mass is 9.87. The smallest absolute Gasteiger partial charge is 0.131 e. The lowest BCUT2D eigenvalue weighted by molar-refractivity contribution is 0.0476. The van der Waals surface area contributed by atoms with E-state index in [0.29, 0.717) is 18.2 Å². The summed E-state index contributed by atoms with van der Waals surface area (Å²) in [6.07, 6.45) is 0.369. The van der Waals surface area contributed by atoms with Crippen molar-refractivity contribution in [3.05, 3.63) is 52.1 Å². The van der Waals surface area contributed by atoms with Crippen LogP contribution in [0.2, 0.25) is 5.15 Å². The van der Waals surface area contributed by atoms with Gasteiger partial charge in [0.05, 0.1) is 11.8 Å². The number of aromatic nitrogens is 2. The minimum atomic E-state index is -0.468. The highest BCUT2D eigenvalue weighted by molar-refractivity contribution is 6.30. The number of likely N-dealkylation sites (tertiary alicyclic amines) is 1. The monoisotopic (exact) mass is 337 g/mol. The van der Waals surface area contributed by atoms with Gasteiger partial charge in [0, 0.05) is 31.6 Å². The number of hydrogen-bond donors (Lipinski definition) is 1. The Morgan fingerprint density at radius 1 is 1.35 bits per heavy atom. The predicted octanol–water partition coefficient (Wildman–Crippen LogP) is 2.87. The Bertz CT molecular complexity index is 686. The number of aliphatic hydroxyl groups is 1. The molecule has 1 aliphatic heterocycles. The van der Waals surface area contributed by atoms with Gasteiger partial charge in [-0.1, -0.05) is 23.7 Å². The largest absolute Gasteiger partial charge is 0.391 e. The number of piperidine rings is 1. The van der Waals surface area contributed by atoms with Crippen LogP contribution in [-0.2, 0) is 13.6 Å². The molecule has 1 aromatic heterocycles. The van der Waals surface area contributed by atoms with Gasteiger partial charge >= 0.3 is 0 Å². The average molecular weight is 338 g/mol. The van der Waals surface area contributed by atoms with Gasteiger partial charge in [-0.25, -0.2) is 4.39 Å². The Kier molecular flexibility index (Phi) is 4.71. The maximum absolute atomic E-state index is 13.0. The summed E-state index contributed by atoms with van der Waals surface area (Å²) in [5.41, 5.74) is 2.93. The molecule has 124 valence electrons. The Morgan fingerprint density at radius 3 is 2.61 bits per heavy atom. The third-order valence-electron chi connectivity index (χ3n) is 4.62. The van der Waals surface area contributed by atoms with Crippen molar-refractivity contribution in [1.29, 1.82) is 0 Å². The Labute approximate surface area is 140 Å². The molecule has 0 amide bonds. The summed E-state index contributed by atoms with van der Waals surface area (Å²) < 4.78 is 14.7. The topological polar surface area (TPSA) is 41.3 Å². The molecule has 1 aliphatic rings. The van der Waals surface area contributed by atoms with Gasteiger partial charge in [-0.2, -0.15) is 5.10 Å². The zero-order valence-electron chi connectivity index (χ0n) is 13.3. The number of halogens is 2. The standard InChI is InChI=1S/C17H21ClFN3O/c1-11-15(17(18)21(2)20-11)9-22-8-7-14(16(23)10-22)12-3-5-13(19)6-4-12/h3-6,14,16,23H,7-10H2,1-2H3/t14-,16+/m1/s1.